The first-order valence-corrected chi connectivity index (χ1v) is 5.69. The molecule has 0 bridgehead atoms. The monoisotopic (exact) mass is 248 g/mol. The van der Waals surface area contributed by atoms with Crippen molar-refractivity contribution in [3.63, 3.8) is 0 Å². The summed E-state index contributed by atoms with van der Waals surface area (Å²) in [5.41, 5.74) is 0.681. The lowest BCUT2D eigenvalue weighted by atomic mass is 10.1. The lowest BCUT2D eigenvalue weighted by molar-refractivity contribution is -0.141. The predicted octanol–water partition coefficient (Wildman–Crippen LogP) is 1.63. The Morgan fingerprint density at radius 2 is 1.89 bits per heavy atom. The summed E-state index contributed by atoms with van der Waals surface area (Å²) in [6, 6.07) is 9.19. The number of carbonyl (C=O) groups excluding carboxylic acids is 2. The second kappa shape index (κ2) is 7.40. The molecule has 0 atom stereocenters. The van der Waals surface area contributed by atoms with E-state index in [0.29, 0.717) is 6.42 Å². The van der Waals surface area contributed by atoms with E-state index in [1.807, 2.05) is 30.3 Å². The number of ketones is 1. The number of aliphatic hydroxyl groups is 1. The van der Waals surface area contributed by atoms with Gasteiger partial charge in [0.1, 0.15) is 6.61 Å². The van der Waals surface area contributed by atoms with Gasteiger partial charge in [0.25, 0.3) is 0 Å². The molecule has 18 heavy (non-hydrogen) atoms. The van der Waals surface area contributed by atoms with Gasteiger partial charge in [-0.1, -0.05) is 36.9 Å². The second-order valence-electron chi connectivity index (χ2n) is 3.79. The van der Waals surface area contributed by atoms with E-state index in [-0.39, 0.29) is 31.0 Å². The third kappa shape index (κ3) is 4.51. The summed E-state index contributed by atoms with van der Waals surface area (Å²) in [5.74, 6) is -1.09. The van der Waals surface area contributed by atoms with Gasteiger partial charge in [0, 0.05) is 13.0 Å². The van der Waals surface area contributed by atoms with E-state index in [0.717, 1.165) is 5.56 Å². The van der Waals surface area contributed by atoms with Crippen LogP contribution in [-0.4, -0.2) is 23.5 Å². The number of hydrogen-bond acceptors (Lipinski definition) is 4. The van der Waals surface area contributed by atoms with Gasteiger partial charge in [-0.05, 0) is 12.0 Å². The van der Waals surface area contributed by atoms with Crippen LogP contribution in [0.3, 0.4) is 0 Å². The van der Waals surface area contributed by atoms with Crippen molar-refractivity contribution in [1.29, 1.82) is 0 Å². The van der Waals surface area contributed by atoms with Gasteiger partial charge >= 0.3 is 5.97 Å². The van der Waals surface area contributed by atoms with E-state index in [9.17, 15) is 9.59 Å². The maximum absolute atomic E-state index is 11.5. The Hall–Kier alpha value is -1.94. The zero-order valence-electron chi connectivity index (χ0n) is 10.1. The third-order valence-electron chi connectivity index (χ3n) is 2.36. The summed E-state index contributed by atoms with van der Waals surface area (Å²) in [5, 5.41) is 8.59. The van der Waals surface area contributed by atoms with Gasteiger partial charge in [-0.2, -0.15) is 0 Å². The molecule has 0 saturated heterocycles. The molecule has 0 aliphatic rings. The van der Waals surface area contributed by atoms with Gasteiger partial charge in [-0.25, -0.2) is 4.79 Å². The SMILES string of the molecule is C=C(C(=O)CCCO)C(=O)OCc1ccccc1. The fraction of sp³-hybridized carbons (Fsp3) is 0.286. The van der Waals surface area contributed by atoms with Crippen molar-refractivity contribution in [2.45, 2.75) is 19.4 Å². The van der Waals surface area contributed by atoms with E-state index >= 15 is 0 Å². The summed E-state index contributed by atoms with van der Waals surface area (Å²) in [6.45, 7) is 3.45. The highest BCUT2D eigenvalue weighted by Gasteiger charge is 2.16. The molecule has 0 fully saturated rings. The Bertz CT molecular complexity index is 423. The minimum Gasteiger partial charge on any atom is -0.457 e. The van der Waals surface area contributed by atoms with E-state index in [4.69, 9.17) is 9.84 Å². The van der Waals surface area contributed by atoms with Gasteiger partial charge in [-0.3, -0.25) is 4.79 Å². The van der Waals surface area contributed by atoms with Crippen LogP contribution in [0, 0.1) is 0 Å². The van der Waals surface area contributed by atoms with Gasteiger partial charge in [0.15, 0.2) is 5.78 Å². The van der Waals surface area contributed by atoms with Crippen LogP contribution in [0.25, 0.3) is 0 Å². The van der Waals surface area contributed by atoms with Gasteiger partial charge in [-0.15, -0.1) is 0 Å². The molecule has 1 N–H and O–H groups in total. The van der Waals surface area contributed by atoms with Crippen LogP contribution >= 0.6 is 0 Å². The van der Waals surface area contributed by atoms with Crippen LogP contribution < -0.4 is 0 Å². The van der Waals surface area contributed by atoms with Crippen molar-refractivity contribution in [1.82, 2.24) is 0 Å². The molecular formula is C14H16O4. The number of hydrogen-bond donors (Lipinski definition) is 1. The summed E-state index contributed by atoms with van der Waals surface area (Å²) in [4.78, 5) is 23.0. The third-order valence-corrected chi connectivity index (χ3v) is 2.36. The number of esters is 1. The normalized spacial score (nSPS) is 9.83. The molecule has 4 nitrogen and oxygen atoms in total. The number of aliphatic hydroxyl groups excluding tert-OH is 1. The first-order chi connectivity index (χ1) is 8.65. The Labute approximate surface area is 106 Å². The molecule has 0 aromatic heterocycles. The molecule has 0 radical (unpaired) electrons. The molecule has 0 spiro atoms. The Balaban J connectivity index is 2.41. The quantitative estimate of drug-likeness (QED) is 0.345. The van der Waals surface area contributed by atoms with Crippen LogP contribution in [0.4, 0.5) is 0 Å². The predicted molar refractivity (Wildman–Crippen MR) is 66.7 cm³/mol. The molecule has 0 aliphatic carbocycles. The maximum Gasteiger partial charge on any atom is 0.341 e. The van der Waals surface area contributed by atoms with Crippen LogP contribution in [-0.2, 0) is 20.9 Å². The van der Waals surface area contributed by atoms with Crippen LogP contribution in [0.1, 0.15) is 18.4 Å². The highest BCUT2D eigenvalue weighted by Crippen LogP contribution is 2.06. The molecule has 1 aromatic rings. The average Bonchev–Trinajstić information content (AvgIpc) is 2.42. The van der Waals surface area contributed by atoms with Crippen LogP contribution in [0.15, 0.2) is 42.5 Å². The second-order valence-corrected chi connectivity index (χ2v) is 3.79. The molecule has 0 saturated carbocycles. The van der Waals surface area contributed by atoms with E-state index in [1.54, 1.807) is 0 Å². The van der Waals surface area contributed by atoms with Crippen molar-refractivity contribution >= 4 is 11.8 Å². The number of ether oxygens (including phenoxy) is 1. The molecule has 4 heteroatoms. The minimum atomic E-state index is -0.707. The fourth-order valence-corrected chi connectivity index (χ4v) is 1.31. The van der Waals surface area contributed by atoms with Crippen molar-refractivity contribution in [2.24, 2.45) is 0 Å². The first-order valence-electron chi connectivity index (χ1n) is 5.69. The van der Waals surface area contributed by atoms with Crippen molar-refractivity contribution in [2.75, 3.05) is 6.61 Å². The highest BCUT2D eigenvalue weighted by atomic mass is 16.5. The molecule has 0 heterocycles. The highest BCUT2D eigenvalue weighted by molar-refractivity contribution is 6.16. The summed E-state index contributed by atoms with van der Waals surface area (Å²) < 4.78 is 4.97. The number of Topliss-reactive ketones (excluding diaryl/α,β-unsaturated/α-hetero) is 1. The lowest BCUT2D eigenvalue weighted by Gasteiger charge is -2.06. The molecule has 1 aromatic carbocycles. The van der Waals surface area contributed by atoms with Crippen molar-refractivity contribution in [3.8, 4) is 0 Å². The van der Waals surface area contributed by atoms with Crippen LogP contribution in [0.2, 0.25) is 0 Å². The van der Waals surface area contributed by atoms with Gasteiger partial charge in [0.2, 0.25) is 0 Å². The molecule has 0 unspecified atom stereocenters. The van der Waals surface area contributed by atoms with E-state index in [1.165, 1.54) is 0 Å². The Morgan fingerprint density at radius 3 is 2.50 bits per heavy atom. The van der Waals surface area contributed by atoms with Gasteiger partial charge in [0.05, 0.1) is 5.57 Å². The lowest BCUT2D eigenvalue weighted by Crippen LogP contribution is -2.15. The minimum absolute atomic E-state index is 0.0852. The molecule has 96 valence electrons. The van der Waals surface area contributed by atoms with Crippen molar-refractivity contribution in [3.05, 3.63) is 48.0 Å². The average molecular weight is 248 g/mol. The summed E-state index contributed by atoms with van der Waals surface area (Å²) >= 11 is 0. The Morgan fingerprint density at radius 1 is 1.22 bits per heavy atom. The summed E-state index contributed by atoms with van der Waals surface area (Å²) in [7, 11) is 0. The molecule has 0 amide bonds. The van der Waals surface area contributed by atoms with E-state index in [2.05, 4.69) is 6.58 Å². The fourth-order valence-electron chi connectivity index (χ4n) is 1.31. The largest absolute Gasteiger partial charge is 0.457 e. The van der Waals surface area contributed by atoms with Crippen LogP contribution in [0.5, 0.6) is 0 Å². The molecular weight excluding hydrogens is 232 g/mol. The number of benzene rings is 1. The van der Waals surface area contributed by atoms with Crippen molar-refractivity contribution < 1.29 is 19.4 Å². The van der Waals surface area contributed by atoms with E-state index < -0.39 is 5.97 Å². The topological polar surface area (TPSA) is 63.6 Å². The zero-order chi connectivity index (χ0) is 13.4. The first kappa shape index (κ1) is 14.1. The maximum atomic E-state index is 11.5. The molecule has 0 aliphatic heterocycles. The van der Waals surface area contributed by atoms with Gasteiger partial charge < -0.3 is 9.84 Å². The Kier molecular flexibility index (Phi) is 5.80. The zero-order valence-corrected chi connectivity index (χ0v) is 10.1. The number of carbonyl (C=O) groups is 2. The smallest absolute Gasteiger partial charge is 0.341 e. The molecule has 1 rings (SSSR count). The summed E-state index contributed by atoms with van der Waals surface area (Å²) in [6.07, 6.45) is 0.430. The standard InChI is InChI=1S/C14H16O4/c1-11(13(16)8-5-9-15)14(17)18-10-12-6-3-2-4-7-12/h2-4,6-7,15H,1,5,8-10H2. The number of rotatable bonds is 7.